The lowest BCUT2D eigenvalue weighted by molar-refractivity contribution is 0.597. The van der Waals surface area contributed by atoms with E-state index in [0.29, 0.717) is 11.6 Å². The highest BCUT2D eigenvalue weighted by Crippen LogP contribution is 2.41. The van der Waals surface area contributed by atoms with E-state index in [9.17, 15) is 8.42 Å². The van der Waals surface area contributed by atoms with Crippen LogP contribution in [0, 0.1) is 11.3 Å². The number of hydrogen-bond donors (Lipinski definition) is 1. The van der Waals surface area contributed by atoms with Crippen LogP contribution < -0.4 is 0 Å². The van der Waals surface area contributed by atoms with Gasteiger partial charge in [0.2, 0.25) is 0 Å². The first-order valence-electron chi connectivity index (χ1n) is 4.22. The Morgan fingerprint density at radius 2 is 2.21 bits per heavy atom. The number of hydrogen-bond acceptors (Lipinski definition) is 4. The number of nitriles is 1. The zero-order valence-electron chi connectivity index (χ0n) is 7.61. The first-order chi connectivity index (χ1) is 6.54. The molecule has 0 bridgehead atoms. The van der Waals surface area contributed by atoms with Gasteiger partial charge in [-0.1, -0.05) is 0 Å². The zero-order valence-corrected chi connectivity index (χ0v) is 8.43. The highest BCUT2D eigenvalue weighted by molar-refractivity contribution is 7.90. The Hall–Kier alpha value is -1.35. The van der Waals surface area contributed by atoms with Gasteiger partial charge in [0.25, 0.3) is 0 Å². The molecule has 1 N–H and O–H groups in total. The topological polar surface area (TPSA) is 86.6 Å². The number of aromatic amines is 1. The lowest BCUT2D eigenvalue weighted by atomic mass is 10.2. The maximum absolute atomic E-state index is 11.2. The molecule has 1 aliphatic carbocycles. The summed E-state index contributed by atoms with van der Waals surface area (Å²) in [6.45, 7) is 0. The molecule has 14 heavy (non-hydrogen) atoms. The van der Waals surface area contributed by atoms with Gasteiger partial charge in [-0.3, -0.25) is 5.10 Å². The minimum absolute atomic E-state index is 0.123. The predicted octanol–water partition coefficient (Wildman–Crippen LogP) is 0.562. The summed E-state index contributed by atoms with van der Waals surface area (Å²) in [5.74, 6) is 0.299. The van der Waals surface area contributed by atoms with Gasteiger partial charge in [-0.05, 0) is 12.8 Å². The van der Waals surface area contributed by atoms with Gasteiger partial charge < -0.3 is 0 Å². The summed E-state index contributed by atoms with van der Waals surface area (Å²) >= 11 is 0. The van der Waals surface area contributed by atoms with Crippen LogP contribution in [0.25, 0.3) is 0 Å². The second-order valence-electron chi connectivity index (χ2n) is 3.48. The Morgan fingerprint density at radius 3 is 2.64 bits per heavy atom. The second-order valence-corrected chi connectivity index (χ2v) is 5.41. The fourth-order valence-electron chi connectivity index (χ4n) is 1.38. The molecule has 1 fully saturated rings. The van der Waals surface area contributed by atoms with Crippen LogP contribution in [0.4, 0.5) is 0 Å². The van der Waals surface area contributed by atoms with E-state index in [4.69, 9.17) is 5.26 Å². The Kier molecular flexibility index (Phi) is 1.86. The van der Waals surface area contributed by atoms with Crippen LogP contribution in [0.5, 0.6) is 0 Å². The highest BCUT2D eigenvalue weighted by atomic mass is 32.2. The molecule has 0 unspecified atom stereocenters. The van der Waals surface area contributed by atoms with E-state index in [1.165, 1.54) is 0 Å². The smallest absolute Gasteiger partial charge is 0.195 e. The molecular formula is C8H9N3O2S. The average Bonchev–Trinajstić information content (AvgIpc) is 2.82. The minimum atomic E-state index is -3.40. The van der Waals surface area contributed by atoms with Crippen LogP contribution in [0.2, 0.25) is 0 Å². The standard InChI is InChI=1S/C8H9N3O2S/c1-14(12,13)8-6(4-9)7(10-11-8)5-2-3-5/h5H,2-3H2,1H3,(H,10,11). The molecule has 1 heterocycles. The molecule has 1 aromatic rings. The number of rotatable bonds is 2. The molecule has 0 atom stereocenters. The second kappa shape index (κ2) is 2.82. The molecule has 1 saturated carbocycles. The molecule has 1 aromatic heterocycles. The number of H-pyrrole nitrogens is 1. The summed E-state index contributed by atoms with van der Waals surface area (Å²) in [5.41, 5.74) is 0.864. The van der Waals surface area contributed by atoms with Crippen molar-refractivity contribution in [2.24, 2.45) is 0 Å². The number of sulfone groups is 1. The summed E-state index contributed by atoms with van der Waals surface area (Å²) in [6.07, 6.45) is 3.06. The van der Waals surface area contributed by atoms with E-state index in [2.05, 4.69) is 10.2 Å². The van der Waals surface area contributed by atoms with E-state index >= 15 is 0 Å². The number of aromatic nitrogens is 2. The summed E-state index contributed by atoms with van der Waals surface area (Å²) in [4.78, 5) is 0. The lowest BCUT2D eigenvalue weighted by Crippen LogP contribution is -2.00. The molecule has 74 valence electrons. The fourth-order valence-corrected chi connectivity index (χ4v) is 2.12. The monoisotopic (exact) mass is 211 g/mol. The minimum Gasteiger partial charge on any atom is -0.280 e. The molecule has 0 amide bonds. The van der Waals surface area contributed by atoms with Gasteiger partial charge >= 0.3 is 0 Å². The zero-order chi connectivity index (χ0) is 10.3. The third-order valence-electron chi connectivity index (χ3n) is 2.21. The highest BCUT2D eigenvalue weighted by Gasteiger charge is 2.32. The molecular weight excluding hydrogens is 202 g/mol. The van der Waals surface area contributed by atoms with Crippen LogP contribution in [0.15, 0.2) is 5.03 Å². The molecule has 2 rings (SSSR count). The van der Waals surface area contributed by atoms with Gasteiger partial charge in [-0.15, -0.1) is 0 Å². The normalized spacial score (nSPS) is 16.6. The van der Waals surface area contributed by atoms with Gasteiger partial charge in [0, 0.05) is 12.2 Å². The van der Waals surface area contributed by atoms with Crippen molar-refractivity contribution in [1.29, 1.82) is 5.26 Å². The van der Waals surface area contributed by atoms with Crippen LogP contribution in [-0.2, 0) is 9.84 Å². The van der Waals surface area contributed by atoms with E-state index < -0.39 is 9.84 Å². The van der Waals surface area contributed by atoms with E-state index in [1.807, 2.05) is 6.07 Å². The van der Waals surface area contributed by atoms with Gasteiger partial charge in [0.05, 0.1) is 5.69 Å². The third-order valence-corrected chi connectivity index (χ3v) is 3.21. The number of nitrogens with zero attached hydrogens (tertiary/aromatic N) is 2. The molecule has 0 spiro atoms. The van der Waals surface area contributed by atoms with Crippen LogP contribution in [-0.4, -0.2) is 24.9 Å². The maximum atomic E-state index is 11.2. The van der Waals surface area contributed by atoms with Crippen molar-refractivity contribution in [3.05, 3.63) is 11.3 Å². The van der Waals surface area contributed by atoms with Crippen molar-refractivity contribution >= 4 is 9.84 Å². The lowest BCUT2D eigenvalue weighted by Gasteiger charge is -1.92. The summed E-state index contributed by atoms with van der Waals surface area (Å²) in [5, 5.41) is 15.1. The predicted molar refractivity (Wildman–Crippen MR) is 48.4 cm³/mol. The molecule has 5 nitrogen and oxygen atoms in total. The van der Waals surface area contributed by atoms with Crippen LogP contribution in [0.3, 0.4) is 0 Å². The van der Waals surface area contributed by atoms with Crippen molar-refractivity contribution in [1.82, 2.24) is 10.2 Å². The Labute approximate surface area is 81.7 Å². The molecule has 0 aliphatic heterocycles. The molecule has 0 aromatic carbocycles. The Balaban J connectivity index is 2.59. The molecule has 0 radical (unpaired) electrons. The largest absolute Gasteiger partial charge is 0.280 e. The third kappa shape index (κ3) is 1.40. The maximum Gasteiger partial charge on any atom is 0.195 e. The quantitative estimate of drug-likeness (QED) is 0.774. The Bertz CT molecular complexity index is 505. The SMILES string of the molecule is CS(=O)(=O)c1n[nH]c(C2CC2)c1C#N. The average molecular weight is 211 g/mol. The summed E-state index contributed by atoms with van der Waals surface area (Å²) in [6, 6.07) is 1.90. The number of nitrogens with one attached hydrogen (secondary N) is 1. The van der Waals surface area contributed by atoms with E-state index in [-0.39, 0.29) is 10.6 Å². The van der Waals surface area contributed by atoms with Gasteiger partial charge in [0.1, 0.15) is 11.6 Å². The van der Waals surface area contributed by atoms with E-state index in [1.54, 1.807) is 0 Å². The molecule has 6 heteroatoms. The van der Waals surface area contributed by atoms with E-state index in [0.717, 1.165) is 19.1 Å². The van der Waals surface area contributed by atoms with Crippen molar-refractivity contribution in [3.63, 3.8) is 0 Å². The van der Waals surface area contributed by atoms with Crippen molar-refractivity contribution < 1.29 is 8.42 Å². The van der Waals surface area contributed by atoms with Crippen LogP contribution >= 0.6 is 0 Å². The van der Waals surface area contributed by atoms with Gasteiger partial charge in [-0.2, -0.15) is 10.4 Å². The van der Waals surface area contributed by atoms with Crippen molar-refractivity contribution in [2.75, 3.05) is 6.26 Å². The van der Waals surface area contributed by atoms with Gasteiger partial charge in [-0.25, -0.2) is 8.42 Å². The molecule has 0 saturated heterocycles. The first-order valence-corrected chi connectivity index (χ1v) is 6.11. The summed E-state index contributed by atoms with van der Waals surface area (Å²) in [7, 11) is -3.40. The van der Waals surface area contributed by atoms with Crippen LogP contribution in [0.1, 0.15) is 30.0 Å². The van der Waals surface area contributed by atoms with Crippen molar-refractivity contribution in [3.8, 4) is 6.07 Å². The fraction of sp³-hybridized carbons (Fsp3) is 0.500. The molecule has 1 aliphatic rings. The van der Waals surface area contributed by atoms with Gasteiger partial charge in [0.15, 0.2) is 14.9 Å². The Morgan fingerprint density at radius 1 is 1.57 bits per heavy atom. The van der Waals surface area contributed by atoms with Crippen molar-refractivity contribution in [2.45, 2.75) is 23.8 Å². The summed E-state index contributed by atoms with van der Waals surface area (Å²) < 4.78 is 22.5. The first kappa shape index (κ1) is 9.21.